The van der Waals surface area contributed by atoms with E-state index in [0.717, 1.165) is 31.0 Å². The van der Waals surface area contributed by atoms with E-state index in [1.807, 2.05) is 7.05 Å². The number of halogens is 2. The van der Waals surface area contributed by atoms with Crippen LogP contribution in [0, 0.1) is 11.6 Å². The Bertz CT molecular complexity index is 463. The topological polar surface area (TPSA) is 23.5 Å². The molecule has 1 aromatic rings. The number of hydrogen-bond donors (Lipinski definition) is 1. The highest BCUT2D eigenvalue weighted by molar-refractivity contribution is 5.27. The van der Waals surface area contributed by atoms with Crippen molar-refractivity contribution in [3.63, 3.8) is 0 Å². The Morgan fingerprint density at radius 3 is 2.44 bits per heavy atom. The number of benzene rings is 1. The molecule has 0 radical (unpaired) electrons. The van der Waals surface area contributed by atoms with Crippen LogP contribution >= 0.6 is 0 Å². The first-order valence-corrected chi connectivity index (χ1v) is 6.39. The molecule has 0 aromatic heterocycles. The minimum Gasteiger partial charge on any atom is -0.385 e. The summed E-state index contributed by atoms with van der Waals surface area (Å²) in [5, 5.41) is 10.7. The number of rotatable bonds is 1. The molecule has 0 saturated carbocycles. The highest BCUT2D eigenvalue weighted by Gasteiger charge is 2.47. The lowest BCUT2D eigenvalue weighted by molar-refractivity contribution is -0.0517. The van der Waals surface area contributed by atoms with Crippen LogP contribution in [0.3, 0.4) is 0 Å². The second-order valence-electron chi connectivity index (χ2n) is 5.61. The molecule has 4 heteroatoms. The lowest BCUT2D eigenvalue weighted by Crippen LogP contribution is -2.48. The fraction of sp³-hybridized carbons (Fsp3) is 0.571. The van der Waals surface area contributed by atoms with E-state index in [1.54, 1.807) is 0 Å². The third kappa shape index (κ3) is 1.75. The number of hydrogen-bond acceptors (Lipinski definition) is 2. The molecule has 2 unspecified atom stereocenters. The maximum absolute atomic E-state index is 13.8. The van der Waals surface area contributed by atoms with Gasteiger partial charge in [0.2, 0.25) is 0 Å². The molecule has 2 heterocycles. The molecule has 2 atom stereocenters. The monoisotopic (exact) mass is 253 g/mol. The lowest BCUT2D eigenvalue weighted by atomic mass is 9.80. The van der Waals surface area contributed by atoms with Gasteiger partial charge in [-0.25, -0.2) is 8.78 Å². The van der Waals surface area contributed by atoms with Gasteiger partial charge in [-0.05, 0) is 50.9 Å². The first-order valence-electron chi connectivity index (χ1n) is 6.39. The summed E-state index contributed by atoms with van der Waals surface area (Å²) in [4.78, 5) is 2.26. The Hall–Kier alpha value is -1.00. The number of fused-ring (bicyclic) bond motifs is 2. The zero-order chi connectivity index (χ0) is 12.9. The Labute approximate surface area is 105 Å². The summed E-state index contributed by atoms with van der Waals surface area (Å²) < 4.78 is 27.1. The standard InChI is InChI=1S/C14H17F2NO/c1-17-10-3-4-11(17)8-14(18,7-10)12-6-9(15)2-5-13(12)16/h2,5-6,10-11,18H,3-4,7-8H2,1H3. The molecule has 0 aliphatic carbocycles. The highest BCUT2D eigenvalue weighted by Crippen LogP contribution is 2.45. The van der Waals surface area contributed by atoms with Gasteiger partial charge in [0.05, 0.1) is 5.60 Å². The summed E-state index contributed by atoms with van der Waals surface area (Å²) in [5.74, 6) is -1.01. The van der Waals surface area contributed by atoms with Crippen molar-refractivity contribution in [3.8, 4) is 0 Å². The van der Waals surface area contributed by atoms with Crippen molar-refractivity contribution in [3.05, 3.63) is 35.4 Å². The van der Waals surface area contributed by atoms with Gasteiger partial charge in [-0.15, -0.1) is 0 Å². The average molecular weight is 253 g/mol. The van der Waals surface area contributed by atoms with Gasteiger partial charge >= 0.3 is 0 Å². The molecule has 2 aliphatic rings. The lowest BCUT2D eigenvalue weighted by Gasteiger charge is -2.42. The number of piperidine rings is 1. The van der Waals surface area contributed by atoms with Crippen LogP contribution in [0.1, 0.15) is 31.2 Å². The van der Waals surface area contributed by atoms with Crippen molar-refractivity contribution in [1.29, 1.82) is 0 Å². The predicted molar refractivity (Wildman–Crippen MR) is 64.1 cm³/mol. The molecule has 0 spiro atoms. The minimum atomic E-state index is -1.22. The molecule has 1 N–H and O–H groups in total. The summed E-state index contributed by atoms with van der Waals surface area (Å²) in [6.07, 6.45) is 3.03. The molecule has 2 aliphatic heterocycles. The van der Waals surface area contributed by atoms with Crippen LogP contribution in [0.5, 0.6) is 0 Å². The fourth-order valence-corrected chi connectivity index (χ4v) is 3.52. The SMILES string of the molecule is CN1C2CCC1CC(O)(c1cc(F)ccc1F)C2. The molecule has 2 nitrogen and oxygen atoms in total. The van der Waals surface area contributed by atoms with Crippen molar-refractivity contribution in [1.82, 2.24) is 4.90 Å². The Morgan fingerprint density at radius 1 is 1.22 bits per heavy atom. The quantitative estimate of drug-likeness (QED) is 0.830. The van der Waals surface area contributed by atoms with Gasteiger partial charge in [0.25, 0.3) is 0 Å². The zero-order valence-electron chi connectivity index (χ0n) is 10.4. The normalized spacial score (nSPS) is 36.0. The second-order valence-corrected chi connectivity index (χ2v) is 5.61. The first kappa shape index (κ1) is 12.1. The van der Waals surface area contributed by atoms with E-state index >= 15 is 0 Å². The largest absolute Gasteiger partial charge is 0.385 e. The average Bonchev–Trinajstić information content (AvgIpc) is 2.56. The van der Waals surface area contributed by atoms with Gasteiger partial charge in [-0.1, -0.05) is 0 Å². The van der Waals surface area contributed by atoms with E-state index < -0.39 is 17.2 Å². The third-order valence-corrected chi connectivity index (χ3v) is 4.56. The van der Waals surface area contributed by atoms with Gasteiger partial charge in [0, 0.05) is 17.6 Å². The Morgan fingerprint density at radius 2 is 1.83 bits per heavy atom. The minimum absolute atomic E-state index is 0.118. The summed E-state index contributed by atoms with van der Waals surface area (Å²) in [6, 6.07) is 3.88. The maximum atomic E-state index is 13.8. The molecule has 2 saturated heterocycles. The highest BCUT2D eigenvalue weighted by atomic mass is 19.1. The van der Waals surface area contributed by atoms with Crippen LogP contribution in [-0.2, 0) is 5.60 Å². The summed E-state index contributed by atoms with van der Waals surface area (Å²) in [6.45, 7) is 0. The van der Waals surface area contributed by atoms with Crippen molar-refractivity contribution >= 4 is 0 Å². The zero-order valence-corrected chi connectivity index (χ0v) is 10.4. The third-order valence-electron chi connectivity index (χ3n) is 4.56. The Balaban J connectivity index is 1.98. The molecular weight excluding hydrogens is 236 g/mol. The molecule has 1 aromatic carbocycles. The van der Waals surface area contributed by atoms with E-state index in [-0.39, 0.29) is 17.6 Å². The molecule has 18 heavy (non-hydrogen) atoms. The van der Waals surface area contributed by atoms with Crippen LogP contribution in [0.2, 0.25) is 0 Å². The summed E-state index contributed by atoms with van der Waals surface area (Å²) >= 11 is 0. The summed E-state index contributed by atoms with van der Waals surface area (Å²) in [5.41, 5.74) is -1.10. The van der Waals surface area contributed by atoms with Crippen LogP contribution in [0.25, 0.3) is 0 Å². The second kappa shape index (κ2) is 4.00. The van der Waals surface area contributed by atoms with E-state index in [9.17, 15) is 13.9 Å². The fourth-order valence-electron chi connectivity index (χ4n) is 3.52. The van der Waals surface area contributed by atoms with Gasteiger partial charge < -0.3 is 10.0 Å². The van der Waals surface area contributed by atoms with Crippen LogP contribution < -0.4 is 0 Å². The Kier molecular flexibility index (Phi) is 2.68. The van der Waals surface area contributed by atoms with Crippen molar-refractivity contribution in [2.75, 3.05) is 7.05 Å². The predicted octanol–water partition coefficient (Wildman–Crippen LogP) is 2.41. The van der Waals surface area contributed by atoms with E-state index in [4.69, 9.17) is 0 Å². The molecule has 2 fully saturated rings. The van der Waals surface area contributed by atoms with Gasteiger partial charge in [0.1, 0.15) is 11.6 Å². The molecular formula is C14H17F2NO. The van der Waals surface area contributed by atoms with Crippen molar-refractivity contribution in [2.45, 2.75) is 43.4 Å². The van der Waals surface area contributed by atoms with E-state index in [1.165, 1.54) is 0 Å². The molecule has 2 bridgehead atoms. The molecule has 98 valence electrons. The molecule has 0 amide bonds. The number of aliphatic hydroxyl groups is 1. The van der Waals surface area contributed by atoms with E-state index in [2.05, 4.69) is 4.90 Å². The van der Waals surface area contributed by atoms with Crippen LogP contribution in [0.4, 0.5) is 8.78 Å². The van der Waals surface area contributed by atoms with Gasteiger partial charge in [-0.2, -0.15) is 0 Å². The van der Waals surface area contributed by atoms with Gasteiger partial charge in [-0.3, -0.25) is 0 Å². The first-order chi connectivity index (χ1) is 8.49. The van der Waals surface area contributed by atoms with Gasteiger partial charge in [0.15, 0.2) is 0 Å². The van der Waals surface area contributed by atoms with Crippen molar-refractivity contribution in [2.24, 2.45) is 0 Å². The number of nitrogens with zero attached hydrogens (tertiary/aromatic N) is 1. The summed E-state index contributed by atoms with van der Waals surface area (Å²) in [7, 11) is 2.05. The van der Waals surface area contributed by atoms with Crippen molar-refractivity contribution < 1.29 is 13.9 Å². The maximum Gasteiger partial charge on any atom is 0.129 e. The molecule has 3 rings (SSSR count). The van der Waals surface area contributed by atoms with Crippen LogP contribution in [-0.4, -0.2) is 29.1 Å². The van der Waals surface area contributed by atoms with Crippen LogP contribution in [0.15, 0.2) is 18.2 Å². The smallest absolute Gasteiger partial charge is 0.129 e. The van der Waals surface area contributed by atoms with E-state index in [0.29, 0.717) is 12.8 Å².